The molecular weight excluding hydrogens is 537 g/mol. The van der Waals surface area contributed by atoms with Crippen LogP contribution in [-0.2, 0) is 28.4 Å². The number of nitrogens with one attached hydrogen (secondary N) is 2. The lowest BCUT2D eigenvalue weighted by molar-refractivity contribution is -0.136. The molecule has 4 bridgehead atoms. The SMILES string of the molecule is CC12CC3CC(C)(C1)CC(NCc1ccc(CSc4cccc5c4CN(C4CCC(=O)NC4=O)C5=O)c(F)c1)(C3)C2. The number of piperidine rings is 1. The van der Waals surface area contributed by atoms with Crippen LogP contribution >= 0.6 is 11.8 Å². The van der Waals surface area contributed by atoms with Crippen molar-refractivity contribution in [1.82, 2.24) is 15.5 Å². The van der Waals surface area contributed by atoms with Crippen molar-refractivity contribution in [3.63, 3.8) is 0 Å². The maximum atomic E-state index is 15.3. The van der Waals surface area contributed by atoms with Gasteiger partial charge in [-0.05, 0) is 96.6 Å². The Balaban J connectivity index is 1.00. The highest BCUT2D eigenvalue weighted by atomic mass is 32.2. The second-order valence-electron chi connectivity index (χ2n) is 14.2. The molecule has 0 aromatic heterocycles. The topological polar surface area (TPSA) is 78.5 Å². The molecule has 2 aromatic rings. The minimum Gasteiger partial charge on any atom is -0.322 e. The van der Waals surface area contributed by atoms with Gasteiger partial charge in [-0.1, -0.05) is 32.0 Å². The van der Waals surface area contributed by atoms with Crippen LogP contribution in [0.3, 0.4) is 0 Å². The maximum absolute atomic E-state index is 15.3. The molecule has 3 amide bonds. The van der Waals surface area contributed by atoms with E-state index in [4.69, 9.17) is 0 Å². The summed E-state index contributed by atoms with van der Waals surface area (Å²) in [5.41, 5.74) is 4.12. The summed E-state index contributed by atoms with van der Waals surface area (Å²) < 4.78 is 15.3. The molecule has 216 valence electrons. The van der Waals surface area contributed by atoms with E-state index in [9.17, 15) is 14.4 Å². The van der Waals surface area contributed by atoms with E-state index < -0.39 is 11.9 Å². The third-order valence-corrected chi connectivity index (χ3v) is 11.5. The van der Waals surface area contributed by atoms with Crippen LogP contribution in [0.25, 0.3) is 0 Å². The first-order valence-corrected chi connectivity index (χ1v) is 15.9. The third-order valence-electron chi connectivity index (χ3n) is 10.3. The number of fused-ring (bicyclic) bond motifs is 1. The summed E-state index contributed by atoms with van der Waals surface area (Å²) in [6.45, 7) is 5.95. The molecule has 0 radical (unpaired) electrons. The van der Waals surface area contributed by atoms with Crippen molar-refractivity contribution in [3.05, 3.63) is 64.5 Å². The number of hydrogen-bond donors (Lipinski definition) is 2. The molecule has 3 unspecified atom stereocenters. The van der Waals surface area contributed by atoms with Crippen molar-refractivity contribution < 1.29 is 18.8 Å². The number of carbonyl (C=O) groups excluding carboxylic acids is 3. The van der Waals surface area contributed by atoms with E-state index in [-0.39, 0.29) is 29.6 Å². The first kappa shape index (κ1) is 27.1. The minimum atomic E-state index is -0.645. The van der Waals surface area contributed by atoms with Crippen molar-refractivity contribution in [3.8, 4) is 0 Å². The number of benzene rings is 2. The predicted octanol–water partition coefficient (Wildman–Crippen LogP) is 5.72. The summed E-state index contributed by atoms with van der Waals surface area (Å²) in [6.07, 6.45) is 8.33. The van der Waals surface area contributed by atoms with E-state index in [0.29, 0.717) is 47.2 Å². The normalized spacial score (nSPS) is 33.8. The molecule has 6 nitrogen and oxygen atoms in total. The zero-order valence-corrected chi connectivity index (χ0v) is 24.7. The van der Waals surface area contributed by atoms with Crippen molar-refractivity contribution in [1.29, 1.82) is 0 Å². The molecule has 1 saturated heterocycles. The van der Waals surface area contributed by atoms with Gasteiger partial charge in [0.05, 0.1) is 0 Å². The Kier molecular flexibility index (Phi) is 6.40. The van der Waals surface area contributed by atoms with Crippen LogP contribution < -0.4 is 10.6 Å². The van der Waals surface area contributed by atoms with Gasteiger partial charge in [0.25, 0.3) is 5.91 Å². The Labute approximate surface area is 245 Å². The fraction of sp³-hybridized carbons (Fsp3) is 0.545. The highest BCUT2D eigenvalue weighted by molar-refractivity contribution is 7.98. The minimum absolute atomic E-state index is 0.181. The molecule has 2 N–H and O–H groups in total. The summed E-state index contributed by atoms with van der Waals surface area (Å²) in [7, 11) is 0. The summed E-state index contributed by atoms with van der Waals surface area (Å²) in [5.74, 6) is 0.157. The molecule has 41 heavy (non-hydrogen) atoms. The highest BCUT2D eigenvalue weighted by Gasteiger charge is 2.59. The van der Waals surface area contributed by atoms with E-state index in [1.54, 1.807) is 17.0 Å². The lowest BCUT2D eigenvalue weighted by Gasteiger charge is -2.65. The van der Waals surface area contributed by atoms with Gasteiger partial charge in [0.1, 0.15) is 11.9 Å². The predicted molar refractivity (Wildman–Crippen MR) is 155 cm³/mol. The summed E-state index contributed by atoms with van der Waals surface area (Å²) in [6, 6.07) is 10.5. The van der Waals surface area contributed by atoms with Crippen LogP contribution in [-0.4, -0.2) is 34.2 Å². The van der Waals surface area contributed by atoms with E-state index in [1.807, 2.05) is 24.3 Å². The van der Waals surface area contributed by atoms with Crippen LogP contribution in [0.4, 0.5) is 4.39 Å². The Hall–Kier alpha value is -2.71. The Bertz CT molecular complexity index is 1440. The standard InChI is InChI=1S/C33H38FN3O3S/c1-31-11-21-12-32(2,17-31)19-33(13-21,18-31)35-14-20-6-7-22(25(34)10-20)16-41-27-5-3-4-23-24(27)15-37(30(23)40)26-8-9-28(38)36-29(26)39/h3-7,10,21,26,35H,8-9,11-19H2,1-2H3,(H,36,38,39). The lowest BCUT2D eigenvalue weighted by atomic mass is 9.43. The number of hydrogen-bond acceptors (Lipinski definition) is 5. The van der Waals surface area contributed by atoms with Gasteiger partial charge in [0, 0.05) is 41.3 Å². The molecule has 4 saturated carbocycles. The van der Waals surface area contributed by atoms with Gasteiger partial charge in [-0.25, -0.2) is 4.39 Å². The van der Waals surface area contributed by atoms with Gasteiger partial charge in [0.2, 0.25) is 11.8 Å². The van der Waals surface area contributed by atoms with Crippen molar-refractivity contribution in [2.75, 3.05) is 0 Å². The summed E-state index contributed by atoms with van der Waals surface area (Å²) >= 11 is 1.51. The molecule has 6 aliphatic rings. The van der Waals surface area contributed by atoms with Crippen LogP contribution in [0.2, 0.25) is 0 Å². The van der Waals surface area contributed by atoms with Gasteiger partial charge < -0.3 is 10.2 Å². The van der Waals surface area contributed by atoms with Gasteiger partial charge in [-0.2, -0.15) is 0 Å². The zero-order chi connectivity index (χ0) is 28.6. The first-order chi connectivity index (χ1) is 19.5. The average Bonchev–Trinajstić information content (AvgIpc) is 3.21. The molecule has 2 aliphatic heterocycles. The molecule has 0 spiro atoms. The molecule has 3 atom stereocenters. The number of imide groups is 1. The fourth-order valence-electron chi connectivity index (χ4n) is 9.60. The molecular formula is C33H38FN3O3S. The third kappa shape index (κ3) is 4.91. The van der Waals surface area contributed by atoms with Gasteiger partial charge in [-0.15, -0.1) is 11.8 Å². The number of nitrogens with zero attached hydrogens (tertiary/aromatic N) is 1. The molecule has 2 heterocycles. The number of rotatable bonds is 7. The van der Waals surface area contributed by atoms with Crippen LogP contribution in [0.1, 0.15) is 92.3 Å². The largest absolute Gasteiger partial charge is 0.322 e. The van der Waals surface area contributed by atoms with Crippen LogP contribution in [0.5, 0.6) is 0 Å². The Morgan fingerprint density at radius 3 is 2.54 bits per heavy atom. The van der Waals surface area contributed by atoms with Crippen molar-refractivity contribution in [2.45, 2.75) is 101 Å². The monoisotopic (exact) mass is 575 g/mol. The van der Waals surface area contributed by atoms with E-state index >= 15 is 4.39 Å². The van der Waals surface area contributed by atoms with Gasteiger partial charge >= 0.3 is 0 Å². The van der Waals surface area contributed by atoms with E-state index in [0.717, 1.165) is 21.9 Å². The van der Waals surface area contributed by atoms with E-state index in [2.05, 4.69) is 24.5 Å². The first-order valence-electron chi connectivity index (χ1n) is 14.9. The molecule has 4 aliphatic carbocycles. The Morgan fingerprint density at radius 1 is 1.05 bits per heavy atom. The quantitative estimate of drug-likeness (QED) is 0.326. The average molecular weight is 576 g/mol. The number of amides is 3. The number of halogens is 1. The second-order valence-corrected chi connectivity index (χ2v) is 15.2. The van der Waals surface area contributed by atoms with Crippen molar-refractivity contribution in [2.24, 2.45) is 16.7 Å². The smallest absolute Gasteiger partial charge is 0.255 e. The lowest BCUT2D eigenvalue weighted by Crippen LogP contribution is -2.63. The van der Waals surface area contributed by atoms with Gasteiger partial charge in [0.15, 0.2) is 0 Å². The zero-order valence-electron chi connectivity index (χ0n) is 23.9. The second kappa shape index (κ2) is 9.66. The Morgan fingerprint density at radius 2 is 1.83 bits per heavy atom. The van der Waals surface area contributed by atoms with E-state index in [1.165, 1.54) is 50.3 Å². The fourth-order valence-corrected chi connectivity index (χ4v) is 10.7. The van der Waals surface area contributed by atoms with Crippen molar-refractivity contribution >= 4 is 29.5 Å². The molecule has 8 heteroatoms. The number of carbonyl (C=O) groups is 3. The summed E-state index contributed by atoms with van der Waals surface area (Å²) in [5, 5.41) is 6.26. The summed E-state index contributed by atoms with van der Waals surface area (Å²) in [4.78, 5) is 39.6. The highest BCUT2D eigenvalue weighted by Crippen LogP contribution is 2.66. The molecule has 2 aromatic carbocycles. The molecule has 5 fully saturated rings. The van der Waals surface area contributed by atoms with Gasteiger partial charge in [-0.3, -0.25) is 19.7 Å². The maximum Gasteiger partial charge on any atom is 0.255 e. The molecule has 8 rings (SSSR count). The van der Waals surface area contributed by atoms with Crippen LogP contribution in [0.15, 0.2) is 41.3 Å². The number of thioether (sulfide) groups is 1. The van der Waals surface area contributed by atoms with Crippen LogP contribution in [0, 0.1) is 22.6 Å².